The van der Waals surface area contributed by atoms with Gasteiger partial charge in [0.15, 0.2) is 0 Å². The summed E-state index contributed by atoms with van der Waals surface area (Å²) < 4.78 is 6.09. The summed E-state index contributed by atoms with van der Waals surface area (Å²) in [5.74, 6) is 0.676. The highest BCUT2D eigenvalue weighted by Crippen LogP contribution is 2.25. The number of hydrogen-bond donors (Lipinski definition) is 1. The number of nitrogens with zero attached hydrogens (tertiary/aromatic N) is 1. The van der Waals surface area contributed by atoms with Crippen LogP contribution in [0.25, 0.3) is 0 Å². The Balaban J connectivity index is 1.32. The fourth-order valence-electron chi connectivity index (χ4n) is 3.11. The van der Waals surface area contributed by atoms with Crippen molar-refractivity contribution in [2.24, 2.45) is 0 Å². The molecule has 4 rings (SSSR count). The van der Waals surface area contributed by atoms with Crippen molar-refractivity contribution in [1.82, 2.24) is 10.2 Å². The van der Waals surface area contributed by atoms with Gasteiger partial charge in [0, 0.05) is 25.7 Å². The lowest BCUT2D eigenvalue weighted by molar-refractivity contribution is 0.0140. The Morgan fingerprint density at radius 2 is 1.84 bits per heavy atom. The van der Waals surface area contributed by atoms with Crippen LogP contribution < -0.4 is 10.1 Å². The van der Waals surface area contributed by atoms with E-state index < -0.39 is 0 Å². The minimum atomic E-state index is -0.0195. The maximum Gasteiger partial charge on any atom is 0.255 e. The average molecular weight is 336 g/mol. The number of amides is 1. The van der Waals surface area contributed by atoms with Crippen molar-refractivity contribution in [1.29, 1.82) is 0 Å². The molecule has 25 heavy (non-hydrogen) atoms. The number of nitrogens with one attached hydrogen (secondary N) is 1. The third-order valence-corrected chi connectivity index (χ3v) is 4.79. The molecule has 0 atom stereocenters. The van der Waals surface area contributed by atoms with Crippen molar-refractivity contribution >= 4 is 5.91 Å². The second-order valence-electron chi connectivity index (χ2n) is 7.16. The lowest BCUT2D eigenvalue weighted by Gasteiger charge is -2.39. The zero-order valence-electron chi connectivity index (χ0n) is 14.6. The molecular weight excluding hydrogens is 312 g/mol. The van der Waals surface area contributed by atoms with Crippen molar-refractivity contribution in [2.45, 2.75) is 38.5 Å². The Kier molecular flexibility index (Phi) is 4.45. The summed E-state index contributed by atoms with van der Waals surface area (Å²) in [7, 11) is 0. The second kappa shape index (κ2) is 6.89. The molecule has 1 heterocycles. The maximum atomic E-state index is 12.3. The van der Waals surface area contributed by atoms with Crippen molar-refractivity contribution in [3.8, 4) is 5.75 Å². The molecule has 130 valence electrons. The third kappa shape index (κ3) is 4.02. The van der Waals surface area contributed by atoms with Gasteiger partial charge in [-0.1, -0.05) is 42.0 Å². The van der Waals surface area contributed by atoms with Crippen LogP contribution in [0.1, 0.15) is 34.3 Å². The minimum absolute atomic E-state index is 0.0195. The van der Waals surface area contributed by atoms with Crippen molar-refractivity contribution in [2.75, 3.05) is 13.1 Å². The summed E-state index contributed by atoms with van der Waals surface area (Å²) in [6, 6.07) is 16.6. The van der Waals surface area contributed by atoms with Crippen molar-refractivity contribution in [3.05, 3.63) is 65.2 Å². The average Bonchev–Trinajstić information content (AvgIpc) is 3.39. The summed E-state index contributed by atoms with van der Waals surface area (Å²) >= 11 is 0. The number of aryl methyl sites for hydroxylation is 1. The van der Waals surface area contributed by atoms with Gasteiger partial charge in [0.2, 0.25) is 0 Å². The molecule has 1 saturated heterocycles. The molecule has 0 spiro atoms. The van der Waals surface area contributed by atoms with E-state index in [1.165, 1.54) is 11.1 Å². The van der Waals surface area contributed by atoms with Gasteiger partial charge in [0.05, 0.1) is 5.56 Å². The number of ether oxygens (including phenoxy) is 1. The molecule has 0 aromatic heterocycles. The SMILES string of the molecule is Cc1ccc(CN2CC(Oc3ccccc3C(=O)NC3CC3)C2)cc1. The molecule has 4 heteroatoms. The Labute approximate surface area is 148 Å². The van der Waals surface area contributed by atoms with Crippen LogP contribution >= 0.6 is 0 Å². The third-order valence-electron chi connectivity index (χ3n) is 4.79. The van der Waals surface area contributed by atoms with E-state index in [2.05, 4.69) is 41.4 Å². The van der Waals surface area contributed by atoms with Gasteiger partial charge < -0.3 is 10.1 Å². The molecule has 1 amide bonds. The maximum absolute atomic E-state index is 12.3. The topological polar surface area (TPSA) is 41.6 Å². The lowest BCUT2D eigenvalue weighted by Crippen LogP contribution is -2.53. The van der Waals surface area contributed by atoms with Gasteiger partial charge in [-0.25, -0.2) is 0 Å². The minimum Gasteiger partial charge on any atom is -0.487 e. The van der Waals surface area contributed by atoms with Gasteiger partial charge in [-0.05, 0) is 37.5 Å². The molecule has 2 fully saturated rings. The van der Waals surface area contributed by atoms with E-state index in [1.54, 1.807) is 0 Å². The molecule has 1 aliphatic carbocycles. The number of carbonyl (C=O) groups is 1. The molecule has 2 aromatic rings. The van der Waals surface area contributed by atoms with E-state index >= 15 is 0 Å². The van der Waals surface area contributed by atoms with Gasteiger partial charge in [-0.15, -0.1) is 0 Å². The van der Waals surface area contributed by atoms with E-state index in [0.717, 1.165) is 32.5 Å². The first-order valence-electron chi connectivity index (χ1n) is 9.02. The number of hydrogen-bond acceptors (Lipinski definition) is 3. The van der Waals surface area contributed by atoms with E-state index in [1.807, 2.05) is 24.3 Å². The smallest absolute Gasteiger partial charge is 0.255 e. The van der Waals surface area contributed by atoms with Gasteiger partial charge in [0.1, 0.15) is 11.9 Å². The number of likely N-dealkylation sites (tertiary alicyclic amines) is 1. The van der Waals surface area contributed by atoms with Crippen LogP contribution in [-0.4, -0.2) is 36.0 Å². The standard InChI is InChI=1S/C21H24N2O2/c1-15-6-8-16(9-7-15)12-23-13-18(14-23)25-20-5-3-2-4-19(20)21(24)22-17-10-11-17/h2-9,17-18H,10-14H2,1H3,(H,22,24). The molecule has 4 nitrogen and oxygen atoms in total. The zero-order chi connectivity index (χ0) is 17.2. The Morgan fingerprint density at radius 3 is 2.56 bits per heavy atom. The quantitative estimate of drug-likeness (QED) is 0.881. The molecule has 0 radical (unpaired) electrons. The molecule has 1 N–H and O–H groups in total. The summed E-state index contributed by atoms with van der Waals surface area (Å²) in [6.45, 7) is 4.84. The molecular formula is C21H24N2O2. The van der Waals surface area contributed by atoms with E-state index in [0.29, 0.717) is 17.4 Å². The predicted octanol–water partition coefficient (Wildman–Crippen LogP) is 3.15. The van der Waals surface area contributed by atoms with Gasteiger partial charge in [-0.3, -0.25) is 9.69 Å². The Hall–Kier alpha value is -2.33. The number of carbonyl (C=O) groups excluding carboxylic acids is 1. The summed E-state index contributed by atoms with van der Waals surface area (Å²) in [5, 5.41) is 3.04. The van der Waals surface area contributed by atoms with E-state index in [4.69, 9.17) is 4.74 Å². The zero-order valence-corrected chi connectivity index (χ0v) is 14.6. The highest BCUT2D eigenvalue weighted by atomic mass is 16.5. The van der Waals surface area contributed by atoms with Crippen LogP contribution in [0.3, 0.4) is 0 Å². The molecule has 1 saturated carbocycles. The largest absolute Gasteiger partial charge is 0.487 e. The second-order valence-corrected chi connectivity index (χ2v) is 7.16. The van der Waals surface area contributed by atoms with Gasteiger partial charge in [0.25, 0.3) is 5.91 Å². The first kappa shape index (κ1) is 16.2. The molecule has 0 unspecified atom stereocenters. The monoisotopic (exact) mass is 336 g/mol. The number of rotatable bonds is 6. The Morgan fingerprint density at radius 1 is 1.12 bits per heavy atom. The molecule has 2 aromatic carbocycles. The number of para-hydroxylation sites is 1. The summed E-state index contributed by atoms with van der Waals surface area (Å²) in [5.41, 5.74) is 3.26. The van der Waals surface area contributed by atoms with Crippen LogP contribution in [0.15, 0.2) is 48.5 Å². The Bertz CT molecular complexity index is 747. The van der Waals surface area contributed by atoms with Crippen molar-refractivity contribution < 1.29 is 9.53 Å². The van der Waals surface area contributed by atoms with Crippen LogP contribution in [-0.2, 0) is 6.54 Å². The normalized spacial score (nSPS) is 17.8. The van der Waals surface area contributed by atoms with Crippen LogP contribution in [0, 0.1) is 6.92 Å². The van der Waals surface area contributed by atoms with Gasteiger partial charge >= 0.3 is 0 Å². The highest BCUT2D eigenvalue weighted by molar-refractivity contribution is 5.97. The fraction of sp³-hybridized carbons (Fsp3) is 0.381. The predicted molar refractivity (Wildman–Crippen MR) is 97.8 cm³/mol. The fourth-order valence-corrected chi connectivity index (χ4v) is 3.11. The highest BCUT2D eigenvalue weighted by Gasteiger charge is 2.30. The summed E-state index contributed by atoms with van der Waals surface area (Å²) in [6.07, 6.45) is 2.33. The van der Waals surface area contributed by atoms with E-state index in [9.17, 15) is 4.79 Å². The lowest BCUT2D eigenvalue weighted by atomic mass is 10.1. The molecule has 2 aliphatic rings. The molecule has 0 bridgehead atoms. The van der Waals surface area contributed by atoms with E-state index in [-0.39, 0.29) is 12.0 Å². The van der Waals surface area contributed by atoms with Crippen LogP contribution in [0.4, 0.5) is 0 Å². The first-order valence-corrected chi connectivity index (χ1v) is 9.02. The van der Waals surface area contributed by atoms with Crippen LogP contribution in [0.5, 0.6) is 5.75 Å². The van der Waals surface area contributed by atoms with Crippen molar-refractivity contribution in [3.63, 3.8) is 0 Å². The summed E-state index contributed by atoms with van der Waals surface area (Å²) in [4.78, 5) is 14.7. The van der Waals surface area contributed by atoms with Crippen LogP contribution in [0.2, 0.25) is 0 Å². The number of benzene rings is 2. The van der Waals surface area contributed by atoms with Gasteiger partial charge in [-0.2, -0.15) is 0 Å². The molecule has 1 aliphatic heterocycles. The first-order chi connectivity index (χ1) is 12.2.